The van der Waals surface area contributed by atoms with Crippen molar-refractivity contribution >= 4 is 28.9 Å². The maximum Gasteiger partial charge on any atom is 0.332 e. The molecule has 0 saturated carbocycles. The van der Waals surface area contributed by atoms with Gasteiger partial charge in [-0.1, -0.05) is 61.5 Å². The van der Waals surface area contributed by atoms with E-state index < -0.39 is 0 Å². The molecule has 0 amide bonds. The molecule has 0 saturated heterocycles. The normalized spacial score (nSPS) is 16.0. The Bertz CT molecular complexity index is 1480. The zero-order valence-electron chi connectivity index (χ0n) is 19.1. The third kappa shape index (κ3) is 3.69. The Morgan fingerprint density at radius 3 is 2.61 bits per heavy atom. The standard InChI is InChI=1S/C26H27N5O2/c1-18-9-7-13-21(15-18)30-16-19(2)17-31-22-23(27-25(30)31)28(3)26(33)29(24(22)32)14-8-12-20-10-5-4-6-11-20/h4-13,15,19H,14,16-17H2,1-3H3/b12-8-/t19-/m1/s1. The van der Waals surface area contributed by atoms with Crippen LogP contribution in [0.25, 0.3) is 17.2 Å². The van der Waals surface area contributed by atoms with Gasteiger partial charge in [-0.15, -0.1) is 0 Å². The molecule has 1 aliphatic rings. The van der Waals surface area contributed by atoms with Crippen LogP contribution >= 0.6 is 0 Å². The van der Waals surface area contributed by atoms with Crippen molar-refractivity contribution < 1.29 is 0 Å². The highest BCUT2D eigenvalue weighted by atomic mass is 16.2. The van der Waals surface area contributed by atoms with E-state index in [0.29, 0.717) is 29.6 Å². The summed E-state index contributed by atoms with van der Waals surface area (Å²) in [4.78, 5) is 33.5. The van der Waals surface area contributed by atoms with Gasteiger partial charge in [-0.2, -0.15) is 4.98 Å². The lowest BCUT2D eigenvalue weighted by atomic mass is 10.1. The molecule has 0 bridgehead atoms. The molecular weight excluding hydrogens is 414 g/mol. The van der Waals surface area contributed by atoms with Crippen molar-refractivity contribution in [3.05, 3.63) is 92.6 Å². The topological polar surface area (TPSA) is 65.1 Å². The van der Waals surface area contributed by atoms with Crippen LogP contribution in [-0.4, -0.2) is 25.2 Å². The van der Waals surface area contributed by atoms with Crippen molar-refractivity contribution in [2.45, 2.75) is 26.9 Å². The molecule has 168 valence electrons. The summed E-state index contributed by atoms with van der Waals surface area (Å²) in [5.41, 5.74) is 3.45. The van der Waals surface area contributed by atoms with E-state index in [1.165, 1.54) is 9.13 Å². The molecule has 0 aliphatic carbocycles. The van der Waals surface area contributed by atoms with Gasteiger partial charge in [-0.05, 0) is 36.1 Å². The summed E-state index contributed by atoms with van der Waals surface area (Å²) >= 11 is 0. The molecule has 1 aliphatic heterocycles. The summed E-state index contributed by atoms with van der Waals surface area (Å²) < 4.78 is 4.75. The number of fused-ring (bicyclic) bond motifs is 3. The molecule has 0 radical (unpaired) electrons. The fraction of sp³-hybridized carbons (Fsp3) is 0.269. The fourth-order valence-corrected chi connectivity index (χ4v) is 4.54. The van der Waals surface area contributed by atoms with Gasteiger partial charge in [-0.25, -0.2) is 4.79 Å². The Morgan fingerprint density at radius 2 is 1.85 bits per heavy atom. The number of nitrogens with zero attached hydrogens (tertiary/aromatic N) is 5. The van der Waals surface area contributed by atoms with Gasteiger partial charge in [0.2, 0.25) is 5.95 Å². The predicted molar refractivity (Wildman–Crippen MR) is 132 cm³/mol. The molecule has 3 heterocycles. The molecule has 7 heteroatoms. The lowest BCUT2D eigenvalue weighted by Crippen LogP contribution is -2.40. The molecule has 2 aromatic carbocycles. The van der Waals surface area contributed by atoms with Gasteiger partial charge in [-0.3, -0.25) is 13.9 Å². The fourth-order valence-electron chi connectivity index (χ4n) is 4.54. The molecular formula is C26H27N5O2. The first-order valence-corrected chi connectivity index (χ1v) is 11.2. The van der Waals surface area contributed by atoms with E-state index in [1.54, 1.807) is 7.05 Å². The summed E-state index contributed by atoms with van der Waals surface area (Å²) in [5, 5.41) is 0. The van der Waals surface area contributed by atoms with E-state index in [-0.39, 0.29) is 17.8 Å². The highest BCUT2D eigenvalue weighted by molar-refractivity contribution is 5.77. The lowest BCUT2D eigenvalue weighted by molar-refractivity contribution is 0.458. The number of aryl methyl sites for hydroxylation is 2. The second-order valence-corrected chi connectivity index (χ2v) is 8.82. The van der Waals surface area contributed by atoms with E-state index in [0.717, 1.165) is 23.4 Å². The van der Waals surface area contributed by atoms with E-state index in [4.69, 9.17) is 4.98 Å². The highest BCUT2D eigenvalue weighted by Gasteiger charge is 2.29. The number of hydrogen-bond donors (Lipinski definition) is 0. The molecule has 0 spiro atoms. The monoisotopic (exact) mass is 441 g/mol. The van der Waals surface area contributed by atoms with Gasteiger partial charge >= 0.3 is 5.69 Å². The largest absolute Gasteiger partial charge is 0.332 e. The number of rotatable bonds is 4. The van der Waals surface area contributed by atoms with Crippen molar-refractivity contribution in [2.24, 2.45) is 13.0 Å². The molecule has 0 N–H and O–H groups in total. The van der Waals surface area contributed by atoms with Crippen LogP contribution in [0.3, 0.4) is 0 Å². The van der Waals surface area contributed by atoms with Crippen molar-refractivity contribution in [3.8, 4) is 0 Å². The van der Waals surface area contributed by atoms with Crippen LogP contribution in [0.4, 0.5) is 11.6 Å². The van der Waals surface area contributed by atoms with E-state index in [9.17, 15) is 9.59 Å². The van der Waals surface area contributed by atoms with Gasteiger partial charge in [0.1, 0.15) is 0 Å². The molecule has 0 fully saturated rings. The zero-order chi connectivity index (χ0) is 23.1. The van der Waals surface area contributed by atoms with Crippen molar-refractivity contribution in [1.82, 2.24) is 18.7 Å². The second-order valence-electron chi connectivity index (χ2n) is 8.82. The van der Waals surface area contributed by atoms with Crippen LogP contribution < -0.4 is 16.1 Å². The average molecular weight is 442 g/mol. The number of imidazole rings is 1. The minimum Gasteiger partial charge on any atom is -0.312 e. The predicted octanol–water partition coefficient (Wildman–Crippen LogP) is 3.71. The Labute approximate surface area is 191 Å². The van der Waals surface area contributed by atoms with Crippen molar-refractivity contribution in [1.29, 1.82) is 0 Å². The third-order valence-electron chi connectivity index (χ3n) is 6.15. The Morgan fingerprint density at radius 1 is 1.06 bits per heavy atom. The number of hydrogen-bond acceptors (Lipinski definition) is 4. The van der Waals surface area contributed by atoms with E-state index in [2.05, 4.69) is 36.9 Å². The van der Waals surface area contributed by atoms with Gasteiger partial charge < -0.3 is 9.47 Å². The summed E-state index contributed by atoms with van der Waals surface area (Å²) in [6.07, 6.45) is 3.77. The second kappa shape index (κ2) is 8.24. The highest BCUT2D eigenvalue weighted by Crippen LogP contribution is 2.33. The first-order valence-electron chi connectivity index (χ1n) is 11.2. The number of allylic oxidation sites excluding steroid dienone is 1. The Hall–Kier alpha value is -3.87. The van der Waals surface area contributed by atoms with Gasteiger partial charge in [0.05, 0.1) is 0 Å². The van der Waals surface area contributed by atoms with Gasteiger partial charge in [0.25, 0.3) is 5.56 Å². The summed E-state index contributed by atoms with van der Waals surface area (Å²) in [5.74, 6) is 1.02. The minimum absolute atomic E-state index is 0.202. The molecule has 33 heavy (non-hydrogen) atoms. The first-order chi connectivity index (χ1) is 15.9. The Kier molecular flexibility index (Phi) is 5.24. The SMILES string of the molecule is Cc1cccc(N2C[C@@H](C)Cn3c2nc2c3c(=O)n(C/C=C\c3ccccc3)c(=O)n2C)c1. The Balaban J connectivity index is 1.64. The zero-order valence-corrected chi connectivity index (χ0v) is 19.1. The van der Waals surface area contributed by atoms with Gasteiger partial charge in [0.15, 0.2) is 11.2 Å². The maximum atomic E-state index is 13.5. The molecule has 4 aromatic rings. The number of benzene rings is 2. The molecule has 5 rings (SSSR count). The quantitative estimate of drug-likeness (QED) is 0.484. The lowest BCUT2D eigenvalue weighted by Gasteiger charge is -2.33. The average Bonchev–Trinajstić information content (AvgIpc) is 3.19. The van der Waals surface area contributed by atoms with E-state index in [1.807, 2.05) is 53.1 Å². The van der Waals surface area contributed by atoms with Crippen LogP contribution in [0.15, 0.2) is 70.3 Å². The van der Waals surface area contributed by atoms with E-state index >= 15 is 0 Å². The van der Waals surface area contributed by atoms with Crippen LogP contribution in [-0.2, 0) is 20.1 Å². The maximum absolute atomic E-state index is 13.5. The molecule has 0 unspecified atom stereocenters. The molecule has 1 atom stereocenters. The van der Waals surface area contributed by atoms with Crippen molar-refractivity contribution in [3.63, 3.8) is 0 Å². The van der Waals surface area contributed by atoms with Crippen LogP contribution in [0.1, 0.15) is 18.1 Å². The molecule has 2 aromatic heterocycles. The number of anilines is 2. The van der Waals surface area contributed by atoms with Crippen LogP contribution in [0.2, 0.25) is 0 Å². The van der Waals surface area contributed by atoms with Crippen molar-refractivity contribution in [2.75, 3.05) is 11.4 Å². The third-order valence-corrected chi connectivity index (χ3v) is 6.15. The first kappa shape index (κ1) is 21.0. The number of aromatic nitrogens is 4. The molecule has 7 nitrogen and oxygen atoms in total. The summed E-state index contributed by atoms with van der Waals surface area (Å²) in [7, 11) is 1.68. The summed E-state index contributed by atoms with van der Waals surface area (Å²) in [6, 6.07) is 18.1. The minimum atomic E-state index is -0.365. The summed E-state index contributed by atoms with van der Waals surface area (Å²) in [6.45, 7) is 5.91. The smallest absolute Gasteiger partial charge is 0.312 e. The van der Waals surface area contributed by atoms with Gasteiger partial charge in [0, 0.05) is 32.4 Å². The van der Waals surface area contributed by atoms with Crippen LogP contribution in [0, 0.1) is 12.8 Å². The van der Waals surface area contributed by atoms with Crippen LogP contribution in [0.5, 0.6) is 0 Å².